The Morgan fingerprint density at radius 1 is 0.815 bits per heavy atom. The largest absolute Gasteiger partial charge is 0.383 e. The van der Waals surface area contributed by atoms with Gasteiger partial charge in [0.15, 0.2) is 0 Å². The standard InChI is InChI=1S/C22H32N2O2S/c1-14(2)21(13-23-20-11-15(3)8-16(4)12-20)24-27(25,26)22-18(6)9-17(5)10-19(22)7/h8-12,14,21,23-24H,13H2,1-7H3. The zero-order valence-electron chi connectivity index (χ0n) is 17.5. The molecular formula is C22H32N2O2S. The lowest BCUT2D eigenvalue weighted by Gasteiger charge is -2.24. The van der Waals surface area contributed by atoms with Gasteiger partial charge in [-0.15, -0.1) is 0 Å². The quantitative estimate of drug-likeness (QED) is 0.726. The Morgan fingerprint density at radius 2 is 1.30 bits per heavy atom. The first kappa shape index (κ1) is 21.5. The van der Waals surface area contributed by atoms with Crippen molar-refractivity contribution in [2.75, 3.05) is 11.9 Å². The van der Waals surface area contributed by atoms with Crippen LogP contribution in [0.4, 0.5) is 5.69 Å². The molecule has 0 aromatic heterocycles. The minimum atomic E-state index is -3.59. The van der Waals surface area contributed by atoms with E-state index in [1.165, 1.54) is 11.1 Å². The molecule has 1 unspecified atom stereocenters. The fraction of sp³-hybridized carbons (Fsp3) is 0.455. The summed E-state index contributed by atoms with van der Waals surface area (Å²) in [5, 5.41) is 3.39. The van der Waals surface area contributed by atoms with Gasteiger partial charge < -0.3 is 5.32 Å². The Labute approximate surface area is 164 Å². The predicted molar refractivity (Wildman–Crippen MR) is 114 cm³/mol. The molecule has 2 N–H and O–H groups in total. The van der Waals surface area contributed by atoms with E-state index in [0.717, 1.165) is 22.4 Å². The molecule has 0 amide bonds. The first-order chi connectivity index (χ1) is 12.5. The average molecular weight is 389 g/mol. The van der Waals surface area contributed by atoms with Gasteiger partial charge in [-0.25, -0.2) is 13.1 Å². The van der Waals surface area contributed by atoms with Crippen molar-refractivity contribution in [1.82, 2.24) is 4.72 Å². The summed E-state index contributed by atoms with van der Waals surface area (Å²) in [6.07, 6.45) is 0. The molecule has 1 atom stereocenters. The molecule has 0 saturated carbocycles. The van der Waals surface area contributed by atoms with Crippen molar-refractivity contribution in [1.29, 1.82) is 0 Å². The van der Waals surface area contributed by atoms with E-state index < -0.39 is 10.0 Å². The van der Waals surface area contributed by atoms with Gasteiger partial charge in [-0.2, -0.15) is 0 Å². The highest BCUT2D eigenvalue weighted by molar-refractivity contribution is 7.89. The van der Waals surface area contributed by atoms with Crippen molar-refractivity contribution < 1.29 is 8.42 Å². The first-order valence-electron chi connectivity index (χ1n) is 9.42. The topological polar surface area (TPSA) is 58.2 Å². The number of rotatable bonds is 7. The highest BCUT2D eigenvalue weighted by atomic mass is 32.2. The third kappa shape index (κ3) is 5.56. The molecule has 0 aliphatic carbocycles. The Hall–Kier alpha value is -1.85. The number of aryl methyl sites for hydroxylation is 5. The SMILES string of the molecule is Cc1cc(C)cc(NCC(NS(=O)(=O)c2c(C)cc(C)cc2C)C(C)C)c1. The van der Waals surface area contributed by atoms with Crippen LogP contribution in [0.3, 0.4) is 0 Å². The normalized spacial score (nSPS) is 13.0. The second kappa shape index (κ2) is 8.44. The summed E-state index contributed by atoms with van der Waals surface area (Å²) in [5.74, 6) is 0.157. The Bertz CT molecular complexity index is 875. The van der Waals surface area contributed by atoms with Crippen LogP contribution in [0.2, 0.25) is 0 Å². The van der Waals surface area contributed by atoms with Crippen LogP contribution in [0, 0.1) is 40.5 Å². The molecule has 27 heavy (non-hydrogen) atoms. The number of sulfonamides is 1. The van der Waals surface area contributed by atoms with E-state index in [4.69, 9.17) is 0 Å². The monoisotopic (exact) mass is 388 g/mol. The molecule has 0 spiro atoms. The van der Waals surface area contributed by atoms with E-state index in [1.54, 1.807) is 0 Å². The number of nitrogens with one attached hydrogen (secondary N) is 2. The van der Waals surface area contributed by atoms with Crippen molar-refractivity contribution in [3.63, 3.8) is 0 Å². The van der Waals surface area contributed by atoms with Crippen LogP contribution in [0.1, 0.15) is 41.7 Å². The Kier molecular flexibility index (Phi) is 6.71. The van der Waals surface area contributed by atoms with Crippen molar-refractivity contribution >= 4 is 15.7 Å². The van der Waals surface area contributed by atoms with Crippen LogP contribution in [0.5, 0.6) is 0 Å². The maximum Gasteiger partial charge on any atom is 0.241 e. The van der Waals surface area contributed by atoms with Gasteiger partial charge in [0.25, 0.3) is 0 Å². The predicted octanol–water partition coefficient (Wildman–Crippen LogP) is 4.64. The molecule has 0 heterocycles. The summed E-state index contributed by atoms with van der Waals surface area (Å²) >= 11 is 0. The molecule has 0 fully saturated rings. The van der Waals surface area contributed by atoms with E-state index in [1.807, 2.05) is 46.8 Å². The molecule has 2 aromatic rings. The number of anilines is 1. The van der Waals surface area contributed by atoms with Gasteiger partial charge in [-0.05, 0) is 74.9 Å². The Balaban J connectivity index is 2.22. The molecule has 0 radical (unpaired) electrons. The third-order valence-corrected chi connectivity index (χ3v) is 6.53. The van der Waals surface area contributed by atoms with Crippen molar-refractivity contribution in [2.45, 2.75) is 59.4 Å². The zero-order chi connectivity index (χ0) is 20.4. The minimum absolute atomic E-state index is 0.157. The fourth-order valence-electron chi connectivity index (χ4n) is 3.57. The molecule has 148 valence electrons. The molecule has 2 rings (SSSR count). The van der Waals surface area contributed by atoms with Crippen molar-refractivity contribution in [3.05, 3.63) is 58.1 Å². The van der Waals surface area contributed by atoms with Crippen molar-refractivity contribution in [2.24, 2.45) is 5.92 Å². The summed E-state index contributed by atoms with van der Waals surface area (Å²) in [6, 6.07) is 9.90. The number of benzene rings is 2. The van der Waals surface area contributed by atoms with E-state index in [9.17, 15) is 8.42 Å². The van der Waals surface area contributed by atoms with Crippen molar-refractivity contribution in [3.8, 4) is 0 Å². The average Bonchev–Trinajstić information content (AvgIpc) is 2.48. The van der Waals surface area contributed by atoms with Gasteiger partial charge in [0.2, 0.25) is 10.0 Å². The zero-order valence-corrected chi connectivity index (χ0v) is 18.3. The highest BCUT2D eigenvalue weighted by Crippen LogP contribution is 2.23. The summed E-state index contributed by atoms with van der Waals surface area (Å²) in [4.78, 5) is 0.394. The summed E-state index contributed by atoms with van der Waals surface area (Å²) in [7, 11) is -3.59. The molecule has 5 heteroatoms. The molecule has 0 aliphatic heterocycles. The lowest BCUT2D eigenvalue weighted by Crippen LogP contribution is -2.43. The maximum atomic E-state index is 13.1. The van der Waals surface area contributed by atoms with Gasteiger partial charge >= 0.3 is 0 Å². The molecule has 2 aromatic carbocycles. The van der Waals surface area contributed by atoms with Gasteiger partial charge in [-0.1, -0.05) is 37.6 Å². The smallest absolute Gasteiger partial charge is 0.241 e. The van der Waals surface area contributed by atoms with Gasteiger partial charge in [0, 0.05) is 18.3 Å². The van der Waals surface area contributed by atoms with E-state index >= 15 is 0 Å². The van der Waals surface area contributed by atoms with Crippen LogP contribution >= 0.6 is 0 Å². The van der Waals surface area contributed by atoms with Crippen LogP contribution in [0.25, 0.3) is 0 Å². The van der Waals surface area contributed by atoms with Gasteiger partial charge in [0.05, 0.1) is 4.90 Å². The van der Waals surface area contributed by atoms with Crippen LogP contribution < -0.4 is 10.0 Å². The molecular weight excluding hydrogens is 356 g/mol. The minimum Gasteiger partial charge on any atom is -0.383 e. The molecule has 4 nitrogen and oxygen atoms in total. The summed E-state index contributed by atoms with van der Waals surface area (Å²) in [5.41, 5.74) is 6.02. The number of hydrogen-bond donors (Lipinski definition) is 2. The first-order valence-corrected chi connectivity index (χ1v) is 10.9. The van der Waals surface area contributed by atoms with Gasteiger partial charge in [0.1, 0.15) is 0 Å². The summed E-state index contributed by atoms with van der Waals surface area (Å²) in [6.45, 7) is 14.4. The Morgan fingerprint density at radius 3 is 1.78 bits per heavy atom. The number of hydrogen-bond acceptors (Lipinski definition) is 3. The lowest BCUT2D eigenvalue weighted by molar-refractivity contribution is 0.462. The lowest BCUT2D eigenvalue weighted by atomic mass is 10.1. The van der Waals surface area contributed by atoms with E-state index in [0.29, 0.717) is 11.4 Å². The van der Waals surface area contributed by atoms with Gasteiger partial charge in [-0.3, -0.25) is 0 Å². The third-order valence-electron chi connectivity index (χ3n) is 4.73. The van der Waals surface area contributed by atoms with E-state index in [2.05, 4.69) is 42.1 Å². The fourth-order valence-corrected chi connectivity index (χ4v) is 5.40. The molecule has 0 bridgehead atoms. The van der Waals surface area contributed by atoms with E-state index in [-0.39, 0.29) is 12.0 Å². The maximum absolute atomic E-state index is 13.1. The summed E-state index contributed by atoms with van der Waals surface area (Å²) < 4.78 is 29.1. The second-order valence-electron chi connectivity index (χ2n) is 7.96. The second-order valence-corrected chi connectivity index (χ2v) is 9.61. The molecule has 0 aliphatic rings. The van der Waals surface area contributed by atoms with Crippen LogP contribution in [0.15, 0.2) is 35.2 Å². The van der Waals surface area contributed by atoms with Crippen LogP contribution in [-0.4, -0.2) is 21.0 Å². The molecule has 0 saturated heterocycles. The van der Waals surface area contributed by atoms with Crippen LogP contribution in [-0.2, 0) is 10.0 Å². The highest BCUT2D eigenvalue weighted by Gasteiger charge is 2.25.